The van der Waals surface area contributed by atoms with E-state index >= 15 is 0 Å². The Morgan fingerprint density at radius 2 is 2.07 bits per heavy atom. The highest BCUT2D eigenvalue weighted by Gasteiger charge is 2.31. The first-order valence-electron chi connectivity index (χ1n) is 5.29. The summed E-state index contributed by atoms with van der Waals surface area (Å²) < 4.78 is 0. The number of nitrogens with one attached hydrogen (secondary N) is 2. The van der Waals surface area contributed by atoms with Crippen LogP contribution in [-0.4, -0.2) is 46.5 Å². The van der Waals surface area contributed by atoms with E-state index in [0.29, 0.717) is 6.04 Å². The van der Waals surface area contributed by atoms with Crippen LogP contribution in [0.3, 0.4) is 0 Å². The molecule has 14 heavy (non-hydrogen) atoms. The summed E-state index contributed by atoms with van der Waals surface area (Å²) >= 11 is 0. The third-order valence-corrected chi connectivity index (χ3v) is 3.21. The summed E-state index contributed by atoms with van der Waals surface area (Å²) in [5, 5.41) is 14.5. The first-order valence-corrected chi connectivity index (χ1v) is 5.29. The Bertz CT molecular complexity index is 315. The highest BCUT2D eigenvalue weighted by atomic mass is 15.4. The molecular formula is C9H15N5. The van der Waals surface area contributed by atoms with Crippen molar-refractivity contribution in [2.24, 2.45) is 0 Å². The highest BCUT2D eigenvalue weighted by molar-refractivity contribution is 5.20. The Balaban J connectivity index is 1.80. The maximum absolute atomic E-state index is 4.26. The number of aryl methyl sites for hydroxylation is 1. The first kappa shape index (κ1) is 8.38. The van der Waals surface area contributed by atoms with Gasteiger partial charge in [-0.05, 0) is 12.8 Å². The van der Waals surface area contributed by atoms with Gasteiger partial charge in [0.05, 0.1) is 11.7 Å². The second kappa shape index (κ2) is 3.33. The Labute approximate surface area is 82.9 Å². The van der Waals surface area contributed by atoms with Crippen molar-refractivity contribution < 1.29 is 0 Å². The highest BCUT2D eigenvalue weighted by Crippen LogP contribution is 2.32. The summed E-state index contributed by atoms with van der Waals surface area (Å²) in [5.41, 5.74) is 2.36. The summed E-state index contributed by atoms with van der Waals surface area (Å²) in [7, 11) is 0. The zero-order valence-electron chi connectivity index (χ0n) is 8.16. The molecule has 1 saturated heterocycles. The fourth-order valence-corrected chi connectivity index (χ4v) is 2.47. The van der Waals surface area contributed by atoms with Crippen molar-refractivity contribution in [3.05, 3.63) is 11.4 Å². The molecule has 1 aromatic heterocycles. The van der Waals surface area contributed by atoms with Crippen LogP contribution in [0.2, 0.25) is 0 Å². The molecule has 5 heteroatoms. The zero-order valence-corrected chi connectivity index (χ0v) is 8.16. The summed E-state index contributed by atoms with van der Waals surface area (Å²) in [4.78, 5) is 2.52. The molecule has 5 nitrogen and oxygen atoms in total. The van der Waals surface area contributed by atoms with Crippen LogP contribution in [0, 0.1) is 0 Å². The van der Waals surface area contributed by atoms with Crippen LogP contribution in [0.5, 0.6) is 0 Å². The standard InChI is InChI=1S/C9H15N5/c1-2-8(9-7(1)11-13-12-9)14-5-3-10-4-6-14/h8,10H,1-6H2,(H,11,12,13). The van der Waals surface area contributed by atoms with Gasteiger partial charge in [0.2, 0.25) is 0 Å². The van der Waals surface area contributed by atoms with Gasteiger partial charge in [0.15, 0.2) is 0 Å². The topological polar surface area (TPSA) is 56.8 Å². The molecule has 1 aliphatic carbocycles. The Morgan fingerprint density at radius 3 is 2.93 bits per heavy atom. The third-order valence-electron chi connectivity index (χ3n) is 3.21. The second-order valence-electron chi connectivity index (χ2n) is 4.00. The average molecular weight is 193 g/mol. The lowest BCUT2D eigenvalue weighted by Crippen LogP contribution is -2.44. The van der Waals surface area contributed by atoms with Crippen molar-refractivity contribution in [3.8, 4) is 0 Å². The van der Waals surface area contributed by atoms with Gasteiger partial charge in [0.25, 0.3) is 0 Å². The Morgan fingerprint density at radius 1 is 1.21 bits per heavy atom. The third kappa shape index (κ3) is 1.24. The van der Waals surface area contributed by atoms with E-state index in [0.717, 1.165) is 32.6 Å². The summed E-state index contributed by atoms with van der Waals surface area (Å²) in [5.74, 6) is 0. The molecule has 0 bridgehead atoms. The monoisotopic (exact) mass is 193 g/mol. The molecular weight excluding hydrogens is 178 g/mol. The molecule has 2 aliphatic rings. The van der Waals surface area contributed by atoms with Crippen molar-refractivity contribution in [1.82, 2.24) is 25.6 Å². The minimum atomic E-state index is 0.519. The molecule has 0 saturated carbocycles. The fraction of sp³-hybridized carbons (Fsp3) is 0.778. The normalized spacial score (nSPS) is 27.9. The minimum absolute atomic E-state index is 0.519. The number of H-pyrrole nitrogens is 1. The summed E-state index contributed by atoms with van der Waals surface area (Å²) in [6.07, 6.45) is 2.28. The van der Waals surface area contributed by atoms with Crippen molar-refractivity contribution >= 4 is 0 Å². The number of aromatic amines is 1. The van der Waals surface area contributed by atoms with E-state index in [1.807, 2.05) is 0 Å². The molecule has 1 unspecified atom stereocenters. The molecule has 1 atom stereocenters. The molecule has 0 amide bonds. The van der Waals surface area contributed by atoms with E-state index in [4.69, 9.17) is 0 Å². The Hall–Kier alpha value is -0.940. The molecule has 0 aromatic carbocycles. The van der Waals surface area contributed by atoms with Gasteiger partial charge in [-0.3, -0.25) is 4.90 Å². The van der Waals surface area contributed by atoms with Crippen LogP contribution < -0.4 is 5.32 Å². The predicted octanol–water partition coefficient (Wildman–Crippen LogP) is -0.303. The van der Waals surface area contributed by atoms with Gasteiger partial charge in [-0.25, -0.2) is 0 Å². The number of rotatable bonds is 1. The van der Waals surface area contributed by atoms with E-state index in [1.54, 1.807) is 0 Å². The largest absolute Gasteiger partial charge is 0.314 e. The molecule has 1 fully saturated rings. The predicted molar refractivity (Wildman–Crippen MR) is 51.9 cm³/mol. The second-order valence-corrected chi connectivity index (χ2v) is 4.00. The number of fused-ring (bicyclic) bond motifs is 1. The van der Waals surface area contributed by atoms with Crippen LogP contribution in [0.25, 0.3) is 0 Å². The van der Waals surface area contributed by atoms with Crippen LogP contribution in [-0.2, 0) is 6.42 Å². The minimum Gasteiger partial charge on any atom is -0.314 e. The van der Waals surface area contributed by atoms with Crippen LogP contribution >= 0.6 is 0 Å². The molecule has 2 heterocycles. The number of aromatic nitrogens is 3. The van der Waals surface area contributed by atoms with Crippen molar-refractivity contribution in [2.75, 3.05) is 26.2 Å². The fourth-order valence-electron chi connectivity index (χ4n) is 2.47. The van der Waals surface area contributed by atoms with Crippen LogP contribution in [0.1, 0.15) is 23.9 Å². The Kier molecular flexibility index (Phi) is 1.99. The molecule has 2 N–H and O–H groups in total. The van der Waals surface area contributed by atoms with E-state index in [-0.39, 0.29) is 0 Å². The number of nitrogens with zero attached hydrogens (tertiary/aromatic N) is 3. The van der Waals surface area contributed by atoms with Gasteiger partial charge in [0, 0.05) is 26.2 Å². The van der Waals surface area contributed by atoms with Gasteiger partial charge in [-0.1, -0.05) is 0 Å². The van der Waals surface area contributed by atoms with Crippen LogP contribution in [0.15, 0.2) is 0 Å². The molecule has 1 aliphatic heterocycles. The van der Waals surface area contributed by atoms with Gasteiger partial charge in [0.1, 0.15) is 5.69 Å². The van der Waals surface area contributed by atoms with Gasteiger partial charge >= 0.3 is 0 Å². The lowest BCUT2D eigenvalue weighted by atomic mass is 10.2. The van der Waals surface area contributed by atoms with E-state index in [9.17, 15) is 0 Å². The average Bonchev–Trinajstić information content (AvgIpc) is 2.79. The molecule has 0 radical (unpaired) electrons. The molecule has 76 valence electrons. The maximum Gasteiger partial charge on any atom is 0.103 e. The number of hydrogen-bond donors (Lipinski definition) is 2. The molecule has 0 spiro atoms. The van der Waals surface area contributed by atoms with E-state index in [2.05, 4.69) is 25.6 Å². The van der Waals surface area contributed by atoms with E-state index < -0.39 is 0 Å². The number of piperazine rings is 1. The lowest BCUT2D eigenvalue weighted by molar-refractivity contribution is 0.170. The number of hydrogen-bond acceptors (Lipinski definition) is 4. The smallest absolute Gasteiger partial charge is 0.103 e. The van der Waals surface area contributed by atoms with Crippen molar-refractivity contribution in [2.45, 2.75) is 18.9 Å². The molecule has 3 rings (SSSR count). The first-order chi connectivity index (χ1) is 6.95. The van der Waals surface area contributed by atoms with Crippen molar-refractivity contribution in [3.63, 3.8) is 0 Å². The quantitative estimate of drug-likeness (QED) is 0.643. The van der Waals surface area contributed by atoms with Crippen molar-refractivity contribution in [1.29, 1.82) is 0 Å². The lowest BCUT2D eigenvalue weighted by Gasteiger charge is -2.31. The van der Waals surface area contributed by atoms with Gasteiger partial charge < -0.3 is 5.32 Å². The maximum atomic E-state index is 4.26. The summed E-state index contributed by atoms with van der Waals surface area (Å²) in [6.45, 7) is 4.47. The molecule has 1 aromatic rings. The SMILES string of the molecule is C1CN(C2CCc3n[nH]nc32)CCN1. The zero-order chi connectivity index (χ0) is 9.38. The van der Waals surface area contributed by atoms with Gasteiger partial charge in [-0.15, -0.1) is 0 Å². The summed E-state index contributed by atoms with van der Waals surface area (Å²) in [6, 6.07) is 0.519. The van der Waals surface area contributed by atoms with E-state index in [1.165, 1.54) is 17.8 Å². The van der Waals surface area contributed by atoms with Gasteiger partial charge in [-0.2, -0.15) is 15.4 Å². The van der Waals surface area contributed by atoms with Crippen LogP contribution in [0.4, 0.5) is 0 Å².